The molecule has 1 fully saturated rings. The first-order valence-electron chi connectivity index (χ1n) is 8.90. The van der Waals surface area contributed by atoms with Crippen LogP contribution in [0.1, 0.15) is 18.9 Å². The second-order valence-corrected chi connectivity index (χ2v) is 6.93. The van der Waals surface area contributed by atoms with Crippen molar-refractivity contribution in [1.29, 1.82) is 5.26 Å². The third-order valence-electron chi connectivity index (χ3n) is 5.66. The average molecular weight is 348 g/mol. The fourth-order valence-corrected chi connectivity index (χ4v) is 3.87. The fourth-order valence-electron chi connectivity index (χ4n) is 3.87. The number of hydrogen-bond acceptors (Lipinski definition) is 5. The second-order valence-electron chi connectivity index (χ2n) is 6.93. The van der Waals surface area contributed by atoms with E-state index in [2.05, 4.69) is 44.9 Å². The number of pyridine rings is 1. The number of nitrogens with one attached hydrogen (secondary N) is 1. The maximum Gasteiger partial charge on any atom is 0.227 e. The van der Waals surface area contributed by atoms with Gasteiger partial charge >= 0.3 is 0 Å². The summed E-state index contributed by atoms with van der Waals surface area (Å²) in [4.78, 5) is 18.9. The first kappa shape index (κ1) is 16.5. The van der Waals surface area contributed by atoms with Gasteiger partial charge in [0, 0.05) is 25.2 Å². The lowest BCUT2D eigenvalue weighted by Gasteiger charge is -2.37. The summed E-state index contributed by atoms with van der Waals surface area (Å²) in [5.41, 5.74) is 1.47. The van der Waals surface area contributed by atoms with Gasteiger partial charge in [-0.15, -0.1) is 0 Å². The van der Waals surface area contributed by atoms with Gasteiger partial charge in [0.1, 0.15) is 29.9 Å². The molecule has 0 saturated carbocycles. The molecule has 1 aliphatic heterocycles. The zero-order valence-corrected chi connectivity index (χ0v) is 15.1. The Morgan fingerprint density at radius 2 is 2.19 bits per heavy atom. The third kappa shape index (κ3) is 2.59. The number of fused-ring (bicyclic) bond motifs is 1. The minimum Gasteiger partial charge on any atom is -0.350 e. The molecule has 3 aromatic heterocycles. The summed E-state index contributed by atoms with van der Waals surface area (Å²) in [6, 6.07) is 8.44. The first-order chi connectivity index (χ1) is 12.7. The molecular formula is C19H22N7+. The van der Waals surface area contributed by atoms with Crippen LogP contribution in [-0.4, -0.2) is 52.7 Å². The molecule has 0 aliphatic carbocycles. The van der Waals surface area contributed by atoms with E-state index in [4.69, 9.17) is 5.26 Å². The summed E-state index contributed by atoms with van der Waals surface area (Å²) in [5, 5.41) is 10.1. The zero-order valence-electron chi connectivity index (χ0n) is 15.1. The average Bonchev–Trinajstić information content (AvgIpc) is 3.37. The molecule has 1 N–H and O–H groups in total. The molecule has 2 atom stereocenters. The molecule has 4 heterocycles. The van der Waals surface area contributed by atoms with Crippen molar-refractivity contribution < 1.29 is 0 Å². The van der Waals surface area contributed by atoms with Gasteiger partial charge in [-0.2, -0.15) is 5.26 Å². The van der Waals surface area contributed by atoms with Crippen LogP contribution < -0.4 is 9.38 Å². The summed E-state index contributed by atoms with van der Waals surface area (Å²) in [5.74, 6) is 2.00. The highest BCUT2D eigenvalue weighted by Gasteiger charge is 2.40. The molecule has 0 spiro atoms. The van der Waals surface area contributed by atoms with E-state index >= 15 is 0 Å². The van der Waals surface area contributed by atoms with Gasteiger partial charge in [-0.25, -0.2) is 15.0 Å². The van der Waals surface area contributed by atoms with Crippen LogP contribution in [0.25, 0.3) is 11.0 Å². The molecular weight excluding hydrogens is 326 g/mol. The Morgan fingerprint density at radius 3 is 2.92 bits per heavy atom. The molecule has 0 bridgehead atoms. The van der Waals surface area contributed by atoms with Crippen molar-refractivity contribution >= 4 is 22.7 Å². The van der Waals surface area contributed by atoms with E-state index in [0.717, 1.165) is 53.2 Å². The number of H-pyrrole nitrogens is 1. The van der Waals surface area contributed by atoms with Crippen LogP contribution >= 0.6 is 0 Å². The van der Waals surface area contributed by atoms with Crippen LogP contribution in [0.3, 0.4) is 0 Å². The van der Waals surface area contributed by atoms with Gasteiger partial charge in [-0.05, 0) is 19.1 Å². The van der Waals surface area contributed by atoms with Gasteiger partial charge in [-0.3, -0.25) is 4.48 Å². The van der Waals surface area contributed by atoms with Gasteiger partial charge in [0.15, 0.2) is 0 Å². The van der Waals surface area contributed by atoms with Gasteiger partial charge in [-0.1, -0.05) is 0 Å². The first-order valence-corrected chi connectivity index (χ1v) is 8.90. The van der Waals surface area contributed by atoms with Crippen LogP contribution in [0.2, 0.25) is 0 Å². The van der Waals surface area contributed by atoms with Crippen LogP contribution in [-0.2, 0) is 0 Å². The molecule has 4 rings (SSSR count). The Morgan fingerprint density at radius 1 is 1.31 bits per heavy atom. The largest absolute Gasteiger partial charge is 0.350 e. The van der Waals surface area contributed by atoms with Crippen molar-refractivity contribution in [1.82, 2.24) is 24.4 Å². The maximum absolute atomic E-state index is 9.01. The van der Waals surface area contributed by atoms with Crippen molar-refractivity contribution in [3.05, 3.63) is 42.5 Å². The Hall–Kier alpha value is -2.98. The Kier molecular flexibility index (Phi) is 4.05. The number of nitriles is 1. The second kappa shape index (κ2) is 6.39. The van der Waals surface area contributed by atoms with E-state index in [-0.39, 0.29) is 0 Å². The predicted molar refractivity (Wildman–Crippen MR) is 102 cm³/mol. The number of aromatic nitrogens is 4. The highest BCUT2D eigenvalue weighted by Crippen LogP contribution is 2.31. The minimum atomic E-state index is 0.421. The number of aromatic amines is 1. The SMILES string of the molecule is CC[N+](C)(c1ccc(C#N)cn1)C1CCN(c2ncnc3[nH]ccc23)C1. The maximum atomic E-state index is 9.01. The fraction of sp³-hybridized carbons (Fsp3) is 0.368. The number of anilines is 1. The summed E-state index contributed by atoms with van der Waals surface area (Å²) >= 11 is 0. The summed E-state index contributed by atoms with van der Waals surface area (Å²) in [6.07, 6.45) is 6.27. The van der Waals surface area contributed by atoms with Gasteiger partial charge < -0.3 is 9.88 Å². The molecule has 7 heteroatoms. The lowest BCUT2D eigenvalue weighted by molar-refractivity contribution is 0.263. The van der Waals surface area contributed by atoms with E-state index in [1.165, 1.54) is 0 Å². The molecule has 1 saturated heterocycles. The van der Waals surface area contributed by atoms with Gasteiger partial charge in [0.05, 0.1) is 37.3 Å². The van der Waals surface area contributed by atoms with Crippen molar-refractivity contribution in [3.63, 3.8) is 0 Å². The molecule has 132 valence electrons. The molecule has 0 radical (unpaired) electrons. The summed E-state index contributed by atoms with van der Waals surface area (Å²) in [6.45, 7) is 5.02. The summed E-state index contributed by atoms with van der Waals surface area (Å²) in [7, 11) is 2.23. The summed E-state index contributed by atoms with van der Waals surface area (Å²) < 4.78 is 0.754. The van der Waals surface area contributed by atoms with Crippen molar-refractivity contribution in [2.24, 2.45) is 0 Å². The monoisotopic (exact) mass is 348 g/mol. The number of rotatable bonds is 4. The number of hydrogen-bond donors (Lipinski definition) is 1. The smallest absolute Gasteiger partial charge is 0.227 e. The Bertz CT molecular complexity index is 956. The lowest BCUT2D eigenvalue weighted by atomic mass is 10.1. The molecule has 1 aliphatic rings. The van der Waals surface area contributed by atoms with E-state index in [9.17, 15) is 0 Å². The topological polar surface area (TPSA) is 81.5 Å². The Labute approximate surface area is 152 Å². The number of nitrogens with zero attached hydrogens (tertiary/aromatic N) is 6. The van der Waals surface area contributed by atoms with E-state index in [0.29, 0.717) is 11.6 Å². The number of quaternary nitrogens is 1. The van der Waals surface area contributed by atoms with Crippen LogP contribution in [0.5, 0.6) is 0 Å². The molecule has 0 amide bonds. The standard InChI is InChI=1S/C19H22N7/c1-3-26(2,17-5-4-14(10-20)11-22-17)15-7-9-25(12-15)19-16-6-8-21-18(16)23-13-24-19/h4-6,8,11,13,15H,3,7,9,12H2,1-2H3,(H,21,23,24)/q+1. The third-order valence-corrected chi connectivity index (χ3v) is 5.66. The molecule has 3 aromatic rings. The predicted octanol–water partition coefficient (Wildman–Crippen LogP) is 2.46. The van der Waals surface area contributed by atoms with Crippen LogP contribution in [0, 0.1) is 11.3 Å². The highest BCUT2D eigenvalue weighted by molar-refractivity contribution is 5.87. The van der Waals surface area contributed by atoms with Gasteiger partial charge in [0.25, 0.3) is 0 Å². The van der Waals surface area contributed by atoms with Crippen LogP contribution in [0.15, 0.2) is 36.9 Å². The normalized spacial score (nSPS) is 19.4. The highest BCUT2D eigenvalue weighted by atomic mass is 15.4. The quantitative estimate of drug-likeness (QED) is 0.733. The Balaban J connectivity index is 1.62. The molecule has 26 heavy (non-hydrogen) atoms. The molecule has 0 aromatic carbocycles. The lowest BCUT2D eigenvalue weighted by Crippen LogP contribution is -2.55. The molecule has 2 unspecified atom stereocenters. The van der Waals surface area contributed by atoms with E-state index < -0.39 is 0 Å². The van der Waals surface area contributed by atoms with Crippen molar-refractivity contribution in [3.8, 4) is 6.07 Å². The van der Waals surface area contributed by atoms with Gasteiger partial charge in [0.2, 0.25) is 5.82 Å². The van der Waals surface area contributed by atoms with Crippen molar-refractivity contribution in [2.45, 2.75) is 19.4 Å². The van der Waals surface area contributed by atoms with Crippen molar-refractivity contribution in [2.75, 3.05) is 31.6 Å². The van der Waals surface area contributed by atoms with Crippen LogP contribution in [0.4, 0.5) is 11.6 Å². The van der Waals surface area contributed by atoms with E-state index in [1.807, 2.05) is 24.4 Å². The van der Waals surface area contributed by atoms with E-state index in [1.54, 1.807) is 12.5 Å². The molecule has 7 nitrogen and oxygen atoms in total. The minimum absolute atomic E-state index is 0.421. The zero-order chi connectivity index (χ0) is 18.1. The number of likely N-dealkylation sites (N-methyl/N-ethyl adjacent to an activating group) is 1.